The number of carbonyl (C=O) groups excluding carboxylic acids is 4. The van der Waals surface area contributed by atoms with Gasteiger partial charge in [0.15, 0.2) is 6.10 Å². The Labute approximate surface area is 300 Å². The summed E-state index contributed by atoms with van der Waals surface area (Å²) < 4.78 is 5.78. The maximum Gasteiger partial charge on any atom is 0.306 e. The zero-order valence-electron chi connectivity index (χ0n) is 30.7. The standard InChI is InChI=1S/C37H55N5O7S/c1-21(2)29(42(8)36(46)31(22(3)4)40-33(44)28-16-12-13-17-38-28)20-30(49-25(7)43)35-41-32(24(6)50-35)34(45)39-27(18-23(5)37(47)48)19-26-14-10-9-11-15-26/h9-11,14-15,21-23,27-31,38H,12-13,16-20H2,1-8H3,(H,39,45)(H,40,44)(H,47,48)/t23-,27+,28+,29+,30+,31-/m0/s1. The van der Waals surface area contributed by atoms with Gasteiger partial charge in [-0.3, -0.25) is 24.0 Å². The highest BCUT2D eigenvalue weighted by Crippen LogP contribution is 2.33. The van der Waals surface area contributed by atoms with Crippen LogP contribution in [0.5, 0.6) is 0 Å². The molecule has 0 unspecified atom stereocenters. The molecule has 2 heterocycles. The molecule has 13 heteroatoms. The van der Waals surface area contributed by atoms with Crippen molar-refractivity contribution in [2.24, 2.45) is 17.8 Å². The predicted molar refractivity (Wildman–Crippen MR) is 193 cm³/mol. The first-order valence-electron chi connectivity index (χ1n) is 17.6. The number of hydrogen-bond donors (Lipinski definition) is 4. The lowest BCUT2D eigenvalue weighted by molar-refractivity contribution is -0.149. The number of esters is 1. The molecule has 0 saturated carbocycles. The van der Waals surface area contributed by atoms with Gasteiger partial charge in [0.05, 0.1) is 12.0 Å². The van der Waals surface area contributed by atoms with Gasteiger partial charge in [-0.25, -0.2) is 4.98 Å². The number of amides is 3. The number of rotatable bonds is 17. The summed E-state index contributed by atoms with van der Waals surface area (Å²) in [6.45, 7) is 13.2. The second-order valence-electron chi connectivity index (χ2n) is 14.1. The van der Waals surface area contributed by atoms with Gasteiger partial charge >= 0.3 is 11.9 Å². The molecule has 1 aromatic heterocycles. The molecule has 1 aliphatic rings. The van der Waals surface area contributed by atoms with Crippen LogP contribution in [-0.2, 0) is 30.3 Å². The van der Waals surface area contributed by atoms with E-state index in [1.165, 1.54) is 18.3 Å². The summed E-state index contributed by atoms with van der Waals surface area (Å²) in [5.41, 5.74) is 1.14. The Bertz CT molecular complexity index is 1460. The molecule has 12 nitrogen and oxygen atoms in total. The summed E-state index contributed by atoms with van der Waals surface area (Å²) in [5, 5.41) is 19.2. The second kappa shape index (κ2) is 19.0. The first kappa shape index (κ1) is 40.6. The molecule has 3 rings (SSSR count). The number of aromatic nitrogens is 1. The zero-order chi connectivity index (χ0) is 37.1. The van der Waals surface area contributed by atoms with E-state index in [1.807, 2.05) is 58.0 Å². The van der Waals surface area contributed by atoms with E-state index in [1.54, 1.807) is 25.8 Å². The number of aliphatic carboxylic acids is 1. The molecule has 4 N–H and O–H groups in total. The van der Waals surface area contributed by atoms with Crippen LogP contribution in [0.15, 0.2) is 30.3 Å². The van der Waals surface area contributed by atoms with Gasteiger partial charge in [-0.2, -0.15) is 0 Å². The summed E-state index contributed by atoms with van der Waals surface area (Å²) >= 11 is 1.24. The molecule has 1 saturated heterocycles. The van der Waals surface area contributed by atoms with Gasteiger partial charge in [-0.1, -0.05) is 71.4 Å². The van der Waals surface area contributed by atoms with Gasteiger partial charge in [-0.15, -0.1) is 11.3 Å². The van der Waals surface area contributed by atoms with Crippen LogP contribution in [0.4, 0.5) is 0 Å². The Morgan fingerprint density at radius 1 is 1.02 bits per heavy atom. The third kappa shape index (κ3) is 11.6. The molecule has 1 aliphatic heterocycles. The van der Waals surface area contributed by atoms with Crippen molar-refractivity contribution in [2.75, 3.05) is 13.6 Å². The summed E-state index contributed by atoms with van der Waals surface area (Å²) in [4.78, 5) is 71.6. The monoisotopic (exact) mass is 713 g/mol. The Morgan fingerprint density at radius 3 is 2.26 bits per heavy atom. The van der Waals surface area contributed by atoms with Gasteiger partial charge in [0.25, 0.3) is 5.91 Å². The first-order chi connectivity index (χ1) is 23.6. The average molecular weight is 714 g/mol. The third-order valence-electron chi connectivity index (χ3n) is 9.26. The Kier molecular flexibility index (Phi) is 15.4. The van der Waals surface area contributed by atoms with Crippen LogP contribution in [0, 0.1) is 24.7 Å². The van der Waals surface area contributed by atoms with Gasteiger partial charge in [-0.05, 0) is 56.6 Å². The van der Waals surface area contributed by atoms with Crippen LogP contribution in [0.2, 0.25) is 0 Å². The Balaban J connectivity index is 1.83. The number of carboxylic acids is 1. The van der Waals surface area contributed by atoms with Crippen LogP contribution in [0.1, 0.15) is 106 Å². The lowest BCUT2D eigenvalue weighted by atomic mass is 9.94. The van der Waals surface area contributed by atoms with Gasteiger partial charge < -0.3 is 30.7 Å². The number of hydrogen-bond acceptors (Lipinski definition) is 9. The van der Waals surface area contributed by atoms with E-state index in [4.69, 9.17) is 4.74 Å². The molecule has 0 aliphatic carbocycles. The minimum atomic E-state index is -0.944. The molecule has 0 spiro atoms. The quantitative estimate of drug-likeness (QED) is 0.171. The predicted octanol–water partition coefficient (Wildman–Crippen LogP) is 4.66. The van der Waals surface area contributed by atoms with E-state index in [9.17, 15) is 29.1 Å². The maximum absolute atomic E-state index is 14.0. The number of piperidine rings is 1. The molecule has 276 valence electrons. The fourth-order valence-corrected chi connectivity index (χ4v) is 7.32. The van der Waals surface area contributed by atoms with E-state index in [0.717, 1.165) is 31.4 Å². The summed E-state index contributed by atoms with van der Waals surface area (Å²) in [5.74, 6) is -3.23. The summed E-state index contributed by atoms with van der Waals surface area (Å²) in [7, 11) is 1.70. The lowest BCUT2D eigenvalue weighted by Crippen LogP contribution is -2.57. The zero-order valence-corrected chi connectivity index (χ0v) is 31.5. The fourth-order valence-electron chi connectivity index (χ4n) is 6.36. The van der Waals surface area contributed by atoms with Crippen LogP contribution < -0.4 is 16.0 Å². The van der Waals surface area contributed by atoms with Crippen LogP contribution in [0.3, 0.4) is 0 Å². The van der Waals surface area contributed by atoms with Crippen molar-refractivity contribution >= 4 is 41.0 Å². The van der Waals surface area contributed by atoms with Crippen molar-refractivity contribution in [3.8, 4) is 0 Å². The van der Waals surface area contributed by atoms with Crippen LogP contribution in [0.25, 0.3) is 0 Å². The maximum atomic E-state index is 14.0. The number of ether oxygens (including phenoxy) is 1. The number of thiazole rings is 1. The van der Waals surface area contributed by atoms with E-state index in [2.05, 4.69) is 20.9 Å². The average Bonchev–Trinajstić information content (AvgIpc) is 3.46. The van der Waals surface area contributed by atoms with E-state index in [0.29, 0.717) is 16.3 Å². The highest BCUT2D eigenvalue weighted by molar-refractivity contribution is 7.12. The molecule has 1 fully saturated rings. The third-order valence-corrected chi connectivity index (χ3v) is 10.3. The van der Waals surface area contributed by atoms with Crippen LogP contribution >= 0.6 is 11.3 Å². The molecular formula is C37H55N5O7S. The topological polar surface area (TPSA) is 167 Å². The molecule has 1 aromatic carbocycles. The summed E-state index contributed by atoms with van der Waals surface area (Å²) in [6.07, 6.45) is 2.76. The van der Waals surface area contributed by atoms with E-state index < -0.39 is 48.0 Å². The molecule has 3 amide bonds. The molecule has 0 bridgehead atoms. The van der Waals surface area contributed by atoms with Crippen molar-refractivity contribution in [3.05, 3.63) is 51.5 Å². The van der Waals surface area contributed by atoms with Crippen molar-refractivity contribution in [2.45, 2.75) is 117 Å². The number of aryl methyl sites for hydroxylation is 1. The van der Waals surface area contributed by atoms with Crippen molar-refractivity contribution in [1.29, 1.82) is 0 Å². The van der Waals surface area contributed by atoms with Crippen molar-refractivity contribution in [1.82, 2.24) is 25.8 Å². The number of nitrogens with zero attached hydrogens (tertiary/aromatic N) is 2. The van der Waals surface area contributed by atoms with Crippen molar-refractivity contribution < 1.29 is 33.8 Å². The molecular weight excluding hydrogens is 659 g/mol. The van der Waals surface area contributed by atoms with Crippen molar-refractivity contribution in [3.63, 3.8) is 0 Å². The van der Waals surface area contributed by atoms with Crippen LogP contribution in [-0.4, -0.2) is 82.4 Å². The normalized spacial score (nSPS) is 17.7. The lowest BCUT2D eigenvalue weighted by Gasteiger charge is -2.37. The number of carboxylic acid groups (broad SMARTS) is 1. The number of nitrogens with one attached hydrogen (secondary N) is 3. The minimum absolute atomic E-state index is 0.0515. The molecule has 2 aromatic rings. The molecule has 50 heavy (non-hydrogen) atoms. The SMILES string of the molecule is CC(=O)O[C@H](C[C@H](C(C)C)N(C)C(=O)[C@@H](NC(=O)[C@H]1CCCCN1)C(C)C)c1nc(C(=O)N[C@@H](Cc2ccccc2)C[C@H](C)C(=O)O)c(C)s1. The van der Waals surface area contributed by atoms with Gasteiger partial charge in [0, 0.05) is 37.4 Å². The largest absolute Gasteiger partial charge is 0.481 e. The highest BCUT2D eigenvalue weighted by Gasteiger charge is 2.36. The summed E-state index contributed by atoms with van der Waals surface area (Å²) in [6, 6.07) is 7.61. The minimum Gasteiger partial charge on any atom is -0.481 e. The highest BCUT2D eigenvalue weighted by atomic mass is 32.1. The number of likely N-dealkylation sites (N-methyl/N-ethyl adjacent to an activating group) is 1. The van der Waals surface area contributed by atoms with Gasteiger partial charge in [0.1, 0.15) is 16.7 Å². The number of carbonyl (C=O) groups is 5. The fraction of sp³-hybridized carbons (Fsp3) is 0.622. The molecule has 6 atom stereocenters. The second-order valence-corrected chi connectivity index (χ2v) is 15.4. The number of benzene rings is 1. The smallest absolute Gasteiger partial charge is 0.306 e. The van der Waals surface area contributed by atoms with E-state index >= 15 is 0 Å². The van der Waals surface area contributed by atoms with E-state index in [-0.39, 0.29) is 48.2 Å². The first-order valence-corrected chi connectivity index (χ1v) is 18.4. The Morgan fingerprint density at radius 2 is 1.70 bits per heavy atom. The van der Waals surface area contributed by atoms with Gasteiger partial charge in [0.2, 0.25) is 11.8 Å². The molecule has 0 radical (unpaired) electrons. The Hall–Kier alpha value is -3.84.